The van der Waals surface area contributed by atoms with Gasteiger partial charge in [-0.25, -0.2) is 0 Å². The van der Waals surface area contributed by atoms with Crippen LogP contribution in [0.2, 0.25) is 0 Å². The van der Waals surface area contributed by atoms with Crippen molar-refractivity contribution in [2.45, 2.75) is 39.7 Å². The highest BCUT2D eigenvalue weighted by atomic mass is 127. The Morgan fingerprint density at radius 3 is 2.76 bits per heavy atom. The van der Waals surface area contributed by atoms with Crippen LogP contribution in [0.1, 0.15) is 32.3 Å². The molecule has 5 nitrogen and oxygen atoms in total. The summed E-state index contributed by atoms with van der Waals surface area (Å²) in [6.45, 7) is 9.89. The van der Waals surface area contributed by atoms with Crippen molar-refractivity contribution in [2.75, 3.05) is 32.8 Å². The molecule has 0 aliphatic carbocycles. The van der Waals surface area contributed by atoms with Crippen molar-refractivity contribution in [2.24, 2.45) is 10.9 Å². The fourth-order valence-corrected chi connectivity index (χ4v) is 2.79. The molecule has 6 heteroatoms. The first kappa shape index (κ1) is 22.0. The quantitative estimate of drug-likeness (QED) is 0.389. The third-order valence-corrected chi connectivity index (χ3v) is 4.30. The standard InChI is InChI=1S/C19H31N3O2.HI/c1-4-20-19(22-10-8-15(2)9-11-22)21-13-17(23)14-24-18-7-5-6-16(3)12-18;/h5-7,12,15,17,23H,4,8-11,13-14H2,1-3H3,(H,20,21);1H. The second-order valence-corrected chi connectivity index (χ2v) is 6.65. The van der Waals surface area contributed by atoms with Crippen LogP contribution >= 0.6 is 24.0 Å². The number of benzene rings is 1. The molecule has 2 rings (SSSR count). The number of nitrogens with one attached hydrogen (secondary N) is 1. The zero-order valence-corrected chi connectivity index (χ0v) is 17.9. The maximum Gasteiger partial charge on any atom is 0.194 e. The van der Waals surface area contributed by atoms with Crippen molar-refractivity contribution in [3.8, 4) is 5.75 Å². The fourth-order valence-electron chi connectivity index (χ4n) is 2.79. The van der Waals surface area contributed by atoms with Gasteiger partial charge in [-0.15, -0.1) is 24.0 Å². The number of hydrogen-bond donors (Lipinski definition) is 2. The molecule has 0 radical (unpaired) electrons. The Morgan fingerprint density at radius 1 is 1.40 bits per heavy atom. The molecule has 1 unspecified atom stereocenters. The molecule has 1 heterocycles. The summed E-state index contributed by atoms with van der Waals surface area (Å²) >= 11 is 0. The van der Waals surface area contributed by atoms with Gasteiger partial charge >= 0.3 is 0 Å². The highest BCUT2D eigenvalue weighted by molar-refractivity contribution is 14.0. The van der Waals surface area contributed by atoms with Crippen LogP contribution in [0.25, 0.3) is 0 Å². The van der Waals surface area contributed by atoms with Crippen LogP contribution in [0.15, 0.2) is 29.3 Å². The summed E-state index contributed by atoms with van der Waals surface area (Å²) in [5.74, 6) is 2.48. The number of aliphatic hydroxyl groups excluding tert-OH is 1. The van der Waals surface area contributed by atoms with Crippen molar-refractivity contribution >= 4 is 29.9 Å². The summed E-state index contributed by atoms with van der Waals surface area (Å²) in [6, 6.07) is 7.85. The molecule has 1 aromatic rings. The van der Waals surface area contributed by atoms with Gasteiger partial charge in [-0.2, -0.15) is 0 Å². The van der Waals surface area contributed by atoms with Crippen LogP contribution in [-0.4, -0.2) is 54.9 Å². The minimum absolute atomic E-state index is 0. The van der Waals surface area contributed by atoms with Gasteiger partial charge < -0.3 is 20.1 Å². The van der Waals surface area contributed by atoms with Gasteiger partial charge in [-0.3, -0.25) is 4.99 Å². The van der Waals surface area contributed by atoms with E-state index in [9.17, 15) is 5.11 Å². The van der Waals surface area contributed by atoms with Crippen LogP contribution in [0, 0.1) is 12.8 Å². The first-order valence-corrected chi connectivity index (χ1v) is 8.99. The van der Waals surface area contributed by atoms with Gasteiger partial charge in [-0.05, 0) is 50.3 Å². The van der Waals surface area contributed by atoms with Crippen LogP contribution in [0.4, 0.5) is 0 Å². The van der Waals surface area contributed by atoms with Crippen molar-refractivity contribution in [3.05, 3.63) is 29.8 Å². The van der Waals surface area contributed by atoms with E-state index >= 15 is 0 Å². The number of aliphatic imine (C=N–C) groups is 1. The summed E-state index contributed by atoms with van der Waals surface area (Å²) in [7, 11) is 0. The zero-order chi connectivity index (χ0) is 17.4. The molecular weight excluding hydrogens is 429 g/mol. The maximum absolute atomic E-state index is 10.2. The average Bonchev–Trinajstić information content (AvgIpc) is 2.58. The number of piperidine rings is 1. The largest absolute Gasteiger partial charge is 0.491 e. The van der Waals surface area contributed by atoms with E-state index in [1.807, 2.05) is 31.2 Å². The number of nitrogens with zero attached hydrogens (tertiary/aromatic N) is 2. The lowest BCUT2D eigenvalue weighted by Crippen LogP contribution is -2.45. The van der Waals surface area contributed by atoms with E-state index in [2.05, 4.69) is 29.1 Å². The van der Waals surface area contributed by atoms with Gasteiger partial charge in [0.2, 0.25) is 0 Å². The first-order chi connectivity index (χ1) is 11.6. The predicted molar refractivity (Wildman–Crippen MR) is 114 cm³/mol. The predicted octanol–water partition coefficient (Wildman–Crippen LogP) is 3.05. The Labute approximate surface area is 168 Å². The van der Waals surface area contributed by atoms with Gasteiger partial charge in [-0.1, -0.05) is 19.1 Å². The highest BCUT2D eigenvalue weighted by Crippen LogP contribution is 2.16. The molecule has 0 bridgehead atoms. The molecule has 1 aliphatic heterocycles. The minimum Gasteiger partial charge on any atom is -0.491 e. The minimum atomic E-state index is -0.608. The van der Waals surface area contributed by atoms with Crippen LogP contribution in [0.5, 0.6) is 5.75 Å². The average molecular weight is 461 g/mol. The van der Waals surface area contributed by atoms with Crippen LogP contribution in [0.3, 0.4) is 0 Å². The van der Waals surface area contributed by atoms with Crippen LogP contribution in [-0.2, 0) is 0 Å². The van der Waals surface area contributed by atoms with Gasteiger partial charge in [0.05, 0.1) is 6.54 Å². The zero-order valence-electron chi connectivity index (χ0n) is 15.6. The summed E-state index contributed by atoms with van der Waals surface area (Å²) in [4.78, 5) is 6.88. The maximum atomic E-state index is 10.2. The molecule has 1 aromatic carbocycles. The monoisotopic (exact) mass is 461 g/mol. The molecule has 1 fully saturated rings. The Kier molecular flexibility index (Phi) is 10.2. The number of halogens is 1. The number of aryl methyl sites for hydroxylation is 1. The number of hydrogen-bond acceptors (Lipinski definition) is 3. The third-order valence-electron chi connectivity index (χ3n) is 4.30. The molecule has 1 atom stereocenters. The molecule has 25 heavy (non-hydrogen) atoms. The summed E-state index contributed by atoms with van der Waals surface area (Å²) in [5, 5.41) is 13.5. The number of guanidine groups is 1. The van der Waals surface area contributed by atoms with E-state index in [1.54, 1.807) is 0 Å². The number of ether oxygens (including phenoxy) is 1. The summed E-state index contributed by atoms with van der Waals surface area (Å²) in [5.41, 5.74) is 1.15. The Bertz CT molecular complexity index is 531. The number of rotatable bonds is 6. The molecule has 0 aromatic heterocycles. The normalized spacial score (nSPS) is 17.0. The molecule has 1 aliphatic rings. The van der Waals surface area contributed by atoms with Gasteiger partial charge in [0.1, 0.15) is 18.5 Å². The molecule has 0 amide bonds. The van der Waals surface area contributed by atoms with Gasteiger partial charge in [0.15, 0.2) is 5.96 Å². The number of likely N-dealkylation sites (tertiary alicyclic amines) is 1. The molecule has 1 saturated heterocycles. The Balaban J connectivity index is 0.00000312. The van der Waals surface area contributed by atoms with E-state index in [0.29, 0.717) is 6.54 Å². The third kappa shape index (κ3) is 7.81. The lowest BCUT2D eigenvalue weighted by molar-refractivity contribution is 0.114. The highest BCUT2D eigenvalue weighted by Gasteiger charge is 2.18. The molecule has 2 N–H and O–H groups in total. The van der Waals surface area contributed by atoms with Crippen molar-refractivity contribution in [1.82, 2.24) is 10.2 Å². The van der Waals surface area contributed by atoms with Crippen molar-refractivity contribution in [1.29, 1.82) is 0 Å². The van der Waals surface area contributed by atoms with Gasteiger partial charge in [0, 0.05) is 19.6 Å². The molecular formula is C19H32IN3O2. The van der Waals surface area contributed by atoms with Crippen molar-refractivity contribution < 1.29 is 9.84 Å². The molecule has 0 spiro atoms. The topological polar surface area (TPSA) is 57.1 Å². The summed E-state index contributed by atoms with van der Waals surface area (Å²) in [6.07, 6.45) is 1.79. The van der Waals surface area contributed by atoms with E-state index in [-0.39, 0.29) is 30.6 Å². The lowest BCUT2D eigenvalue weighted by Gasteiger charge is -2.33. The van der Waals surface area contributed by atoms with E-state index < -0.39 is 6.10 Å². The number of aliphatic hydroxyl groups is 1. The second-order valence-electron chi connectivity index (χ2n) is 6.65. The van der Waals surface area contributed by atoms with Gasteiger partial charge in [0.25, 0.3) is 0 Å². The Hall–Kier alpha value is -1.02. The van der Waals surface area contributed by atoms with E-state index in [1.165, 1.54) is 12.8 Å². The first-order valence-electron chi connectivity index (χ1n) is 8.99. The molecule has 0 saturated carbocycles. The second kappa shape index (κ2) is 11.6. The fraction of sp³-hybridized carbons (Fsp3) is 0.632. The van der Waals surface area contributed by atoms with E-state index in [4.69, 9.17) is 4.74 Å². The smallest absolute Gasteiger partial charge is 0.194 e. The molecule has 142 valence electrons. The van der Waals surface area contributed by atoms with Crippen molar-refractivity contribution in [3.63, 3.8) is 0 Å². The Morgan fingerprint density at radius 2 is 2.12 bits per heavy atom. The van der Waals surface area contributed by atoms with E-state index in [0.717, 1.165) is 42.8 Å². The summed E-state index contributed by atoms with van der Waals surface area (Å²) < 4.78 is 5.65. The lowest BCUT2D eigenvalue weighted by atomic mass is 10.00. The van der Waals surface area contributed by atoms with Crippen LogP contribution < -0.4 is 10.1 Å². The SMILES string of the molecule is CCNC(=NCC(O)COc1cccc(C)c1)N1CCC(C)CC1.I.